The fraction of sp³-hybridized carbons (Fsp3) is 0.500. The van der Waals surface area contributed by atoms with Gasteiger partial charge in [0.05, 0.1) is 26.0 Å². The fourth-order valence-corrected chi connectivity index (χ4v) is 7.65. The summed E-state index contributed by atoms with van der Waals surface area (Å²) in [5.41, 5.74) is 6.15. The Morgan fingerprint density at radius 2 is 1.61 bits per heavy atom. The van der Waals surface area contributed by atoms with Crippen LogP contribution in [-0.4, -0.2) is 115 Å². The first-order chi connectivity index (χ1) is 22.8. The van der Waals surface area contributed by atoms with Gasteiger partial charge in [0.15, 0.2) is 36.2 Å². The van der Waals surface area contributed by atoms with Gasteiger partial charge in [0, 0.05) is 11.6 Å². The van der Waals surface area contributed by atoms with E-state index in [1.807, 2.05) is 0 Å². The third-order valence-electron chi connectivity index (χ3n) is 7.11. The van der Waals surface area contributed by atoms with Crippen LogP contribution in [0.4, 0.5) is 5.82 Å². The van der Waals surface area contributed by atoms with Crippen molar-refractivity contribution in [3.8, 4) is 0 Å². The number of hydrogen-bond acceptors (Lipinski definition) is 17. The van der Waals surface area contributed by atoms with Crippen molar-refractivity contribution in [2.45, 2.75) is 55.5 Å². The van der Waals surface area contributed by atoms with Gasteiger partial charge >= 0.3 is 29.4 Å². The monoisotopic (exact) mass is 759 g/mol. The number of aliphatic carboxylic acids is 1. The first-order valence-corrected chi connectivity index (χ1v) is 18.3. The number of imidazole rings is 1. The molecule has 24 nitrogen and oxygen atoms in total. The topological polar surface area (TPSA) is 359 Å². The molecule has 2 fully saturated rings. The second-order valence-electron chi connectivity index (χ2n) is 10.6. The van der Waals surface area contributed by atoms with E-state index in [4.69, 9.17) is 29.4 Å². The van der Waals surface area contributed by atoms with Crippen LogP contribution >= 0.6 is 23.5 Å². The van der Waals surface area contributed by atoms with Crippen molar-refractivity contribution < 1.29 is 90.4 Å². The number of pyridine rings is 1. The van der Waals surface area contributed by atoms with E-state index in [1.165, 1.54) is 29.1 Å². The molecule has 2 aliphatic heterocycles. The van der Waals surface area contributed by atoms with Gasteiger partial charge in [-0.05, 0) is 6.07 Å². The molecular formula is C22H30N6O18P3+. The number of ether oxygens (including phenoxy) is 2. The number of carboxylic acid groups (broad SMARTS) is 1. The first-order valence-electron chi connectivity index (χ1n) is 13.7. The first kappa shape index (κ1) is 37.4. The summed E-state index contributed by atoms with van der Waals surface area (Å²) in [4.78, 5) is 61.8. The van der Waals surface area contributed by atoms with E-state index in [9.17, 15) is 53.4 Å². The van der Waals surface area contributed by atoms with Gasteiger partial charge in [0.2, 0.25) is 0 Å². The van der Waals surface area contributed by atoms with Crippen LogP contribution in [0.5, 0.6) is 0 Å². The van der Waals surface area contributed by atoms with Crippen molar-refractivity contribution in [3.63, 3.8) is 0 Å². The molecule has 0 spiro atoms. The summed E-state index contributed by atoms with van der Waals surface area (Å²) in [6.45, 7) is -2.04. The van der Waals surface area contributed by atoms with Crippen LogP contribution in [-0.2, 0) is 52.3 Å². The van der Waals surface area contributed by atoms with Gasteiger partial charge in [-0.15, -0.1) is 0 Å². The van der Waals surface area contributed by atoms with Crippen molar-refractivity contribution in [1.29, 1.82) is 0 Å². The van der Waals surface area contributed by atoms with Crippen molar-refractivity contribution in [1.82, 2.24) is 19.5 Å². The molecule has 0 saturated carbocycles. The van der Waals surface area contributed by atoms with Crippen LogP contribution in [0.3, 0.4) is 0 Å². The van der Waals surface area contributed by atoms with Gasteiger partial charge in [-0.25, -0.2) is 28.6 Å². The molecule has 0 aromatic carbocycles. The molecule has 2 unspecified atom stereocenters. The van der Waals surface area contributed by atoms with Gasteiger partial charge in [0.25, 0.3) is 6.23 Å². The highest BCUT2D eigenvalue weighted by Gasteiger charge is 2.51. The average Bonchev–Trinajstić information content (AvgIpc) is 3.64. The van der Waals surface area contributed by atoms with Crippen LogP contribution < -0.4 is 10.3 Å². The zero-order valence-corrected chi connectivity index (χ0v) is 27.2. The highest BCUT2D eigenvalue weighted by Crippen LogP contribution is 2.61. The van der Waals surface area contributed by atoms with Gasteiger partial charge in [0.1, 0.15) is 42.4 Å². The Kier molecular flexibility index (Phi) is 11.0. The molecule has 270 valence electrons. The van der Waals surface area contributed by atoms with E-state index in [0.29, 0.717) is 5.56 Å². The lowest BCUT2D eigenvalue weighted by Gasteiger charge is -2.22. The zero-order valence-electron chi connectivity index (χ0n) is 24.5. The molecule has 0 aliphatic carbocycles. The predicted molar refractivity (Wildman–Crippen MR) is 153 cm³/mol. The van der Waals surface area contributed by atoms with Crippen molar-refractivity contribution in [3.05, 3.63) is 42.7 Å². The van der Waals surface area contributed by atoms with Gasteiger partial charge in [-0.1, -0.05) is 0 Å². The van der Waals surface area contributed by atoms with Crippen LogP contribution in [0.25, 0.3) is 11.2 Å². The van der Waals surface area contributed by atoms with Crippen LogP contribution in [0.15, 0.2) is 37.2 Å². The van der Waals surface area contributed by atoms with E-state index < -0.39 is 91.7 Å². The second-order valence-corrected chi connectivity index (χ2v) is 14.8. The quantitative estimate of drug-likeness (QED) is 0.0612. The number of nitrogen functional groups attached to an aromatic ring is 1. The third kappa shape index (κ3) is 8.90. The number of phosphoric ester groups is 3. The minimum Gasteiger partial charge on any atom is -0.481 e. The Bertz CT molecular complexity index is 1830. The number of carboxylic acids is 1. The van der Waals surface area contributed by atoms with E-state index in [-0.39, 0.29) is 23.4 Å². The molecule has 5 heterocycles. The Morgan fingerprint density at radius 1 is 0.959 bits per heavy atom. The number of nitrogens with two attached hydrogens (primary N) is 1. The Morgan fingerprint density at radius 3 is 2.24 bits per heavy atom. The summed E-state index contributed by atoms with van der Waals surface area (Å²) in [7, 11) is -16.3. The number of hydrogen-bond donors (Lipinski definition) is 9. The van der Waals surface area contributed by atoms with E-state index >= 15 is 0 Å². The van der Waals surface area contributed by atoms with Gasteiger partial charge < -0.3 is 55.2 Å². The molecule has 10 N–H and O–H groups in total. The van der Waals surface area contributed by atoms with Crippen LogP contribution in [0.2, 0.25) is 0 Å². The van der Waals surface area contributed by atoms with Crippen LogP contribution in [0.1, 0.15) is 18.0 Å². The maximum absolute atomic E-state index is 12.6. The number of nitrogens with zero attached hydrogens (tertiary/aromatic N) is 5. The summed E-state index contributed by atoms with van der Waals surface area (Å²) >= 11 is 0. The zero-order chi connectivity index (χ0) is 35.9. The maximum Gasteiger partial charge on any atom is 0.481 e. The summed E-state index contributed by atoms with van der Waals surface area (Å²) in [5, 5.41) is 40.6. The lowest BCUT2D eigenvalue weighted by molar-refractivity contribution is -0.766. The summed E-state index contributed by atoms with van der Waals surface area (Å²) in [6, 6.07) is 2.96. The van der Waals surface area contributed by atoms with Gasteiger partial charge in [-0.2, -0.15) is 8.88 Å². The summed E-state index contributed by atoms with van der Waals surface area (Å²) in [6.07, 6.45) is -8.59. The van der Waals surface area contributed by atoms with Crippen LogP contribution in [0, 0.1) is 0 Å². The molecule has 49 heavy (non-hydrogen) atoms. The number of rotatable bonds is 14. The molecule has 3 aromatic rings. The molecule has 0 radical (unpaired) electrons. The molecular weight excluding hydrogens is 729 g/mol. The molecule has 0 amide bonds. The van der Waals surface area contributed by atoms with E-state index in [0.717, 1.165) is 17.2 Å². The molecule has 0 bridgehead atoms. The molecule has 2 aliphatic rings. The number of aromatic nitrogens is 5. The van der Waals surface area contributed by atoms with Crippen molar-refractivity contribution in [2.75, 3.05) is 18.9 Å². The van der Waals surface area contributed by atoms with Crippen molar-refractivity contribution >= 4 is 46.4 Å². The highest BCUT2D eigenvalue weighted by molar-refractivity contribution is 7.61. The molecule has 27 heteroatoms. The fourth-order valence-electron chi connectivity index (χ4n) is 5.02. The normalized spacial score (nSPS) is 29.9. The van der Waals surface area contributed by atoms with Gasteiger partial charge in [-0.3, -0.25) is 22.9 Å². The van der Waals surface area contributed by atoms with Crippen molar-refractivity contribution in [2.24, 2.45) is 0 Å². The van der Waals surface area contributed by atoms with E-state index in [1.54, 1.807) is 0 Å². The molecule has 2 saturated heterocycles. The smallest absolute Gasteiger partial charge is 0.481 e. The maximum atomic E-state index is 12.6. The Labute approximate surface area is 273 Å². The lowest BCUT2D eigenvalue weighted by Crippen LogP contribution is -2.46. The molecule has 3 aromatic heterocycles. The minimum atomic E-state index is -5.53. The minimum absolute atomic E-state index is 0.000565. The number of fused-ring (bicyclic) bond motifs is 1. The predicted octanol–water partition coefficient (Wildman–Crippen LogP) is -2.37. The third-order valence-corrected chi connectivity index (χ3v) is 10.2. The summed E-state index contributed by atoms with van der Waals surface area (Å²) in [5.74, 6) is -1.19. The Hall–Kier alpha value is -2.86. The molecule has 10 atom stereocenters. The summed E-state index contributed by atoms with van der Waals surface area (Å²) < 4.78 is 68.5. The number of phosphoric acid groups is 3. The lowest BCUT2D eigenvalue weighted by atomic mass is 10.1. The average molecular weight is 759 g/mol. The number of aliphatic hydroxyl groups excluding tert-OH is 3. The highest BCUT2D eigenvalue weighted by atomic mass is 31.3. The number of carbonyl (C=O) groups is 1. The number of anilines is 1. The van der Waals surface area contributed by atoms with E-state index in [2.05, 4.69) is 23.8 Å². The Balaban J connectivity index is 1.20. The molecule has 5 rings (SSSR count). The number of aliphatic hydroxyl groups is 3. The standard InChI is InChI=1S/C22H29N6O18P3/c23-19-14-20(25-8-24-19)28(9-26-14)22-18(45-47(34,35)36)16(32)12(44-22)7-42-49(39,40)46-48(37,38)41-6-11-15(31)17(33)21(43-11)27-3-1-2-10(5-27)4-13(29)30/h1-3,5,8-9,11-12,15-18,21-22,31-33H,4,6-7H2,(H6-,23,24,25,29,30,34,35,36,37,38,39,40)/p+1/t11-,12-,15-,16-,17-,18-,21-,22-/m1/s1. The SMILES string of the molecule is Nc1ncnc2c1ncn2[C@@H]1O[C@H](COP(=O)(O)OP(=O)(O)OC[C@H]2O[C@@H]([n+]3cccc(CC(=O)O)c3)[C@H](O)[C@@H]2O)[C@@H](O)[C@H]1OP(=O)(O)O. The largest absolute Gasteiger partial charge is 0.481 e. The second kappa shape index (κ2) is 14.4.